The van der Waals surface area contributed by atoms with Crippen molar-refractivity contribution in [2.45, 2.75) is 32.0 Å². The third-order valence-corrected chi connectivity index (χ3v) is 4.89. The molecule has 1 saturated heterocycles. The van der Waals surface area contributed by atoms with Crippen LogP contribution in [-0.4, -0.2) is 43.0 Å². The van der Waals surface area contributed by atoms with Crippen molar-refractivity contribution >= 4 is 17.8 Å². The van der Waals surface area contributed by atoms with Crippen molar-refractivity contribution in [2.24, 2.45) is 0 Å². The minimum absolute atomic E-state index is 0.128. The van der Waals surface area contributed by atoms with Crippen LogP contribution in [0, 0.1) is 0 Å². The zero-order valence-corrected chi connectivity index (χ0v) is 17.0. The fraction of sp³-hybridized carbons (Fsp3) is 0.318. The monoisotopic (exact) mass is 411 g/mol. The van der Waals surface area contributed by atoms with E-state index in [0.717, 1.165) is 11.1 Å². The minimum Gasteiger partial charge on any atom is -0.493 e. The quantitative estimate of drug-likeness (QED) is 0.617. The summed E-state index contributed by atoms with van der Waals surface area (Å²) in [5, 5.41) is 5.47. The molecule has 3 rings (SSSR count). The first-order chi connectivity index (χ1) is 14.5. The number of rotatable bonds is 9. The van der Waals surface area contributed by atoms with Crippen molar-refractivity contribution in [1.82, 2.24) is 15.5 Å². The molecular weight excluding hydrogens is 386 g/mol. The van der Waals surface area contributed by atoms with Crippen molar-refractivity contribution in [2.75, 3.05) is 14.2 Å². The molecule has 0 aliphatic carbocycles. The van der Waals surface area contributed by atoms with E-state index in [1.807, 2.05) is 36.4 Å². The van der Waals surface area contributed by atoms with E-state index >= 15 is 0 Å². The van der Waals surface area contributed by atoms with Crippen LogP contribution in [0.4, 0.5) is 4.79 Å². The van der Waals surface area contributed by atoms with Crippen LogP contribution in [0.1, 0.15) is 24.0 Å². The molecule has 2 aromatic rings. The Morgan fingerprint density at radius 1 is 1.03 bits per heavy atom. The highest BCUT2D eigenvalue weighted by atomic mass is 16.5. The third-order valence-electron chi connectivity index (χ3n) is 4.89. The number of nitrogens with zero attached hydrogens (tertiary/aromatic N) is 1. The Bertz CT molecular complexity index is 916. The molecule has 8 heteroatoms. The average molecular weight is 411 g/mol. The summed E-state index contributed by atoms with van der Waals surface area (Å²) in [7, 11) is 3.11. The number of methoxy groups -OCH3 is 2. The average Bonchev–Trinajstić information content (AvgIpc) is 3.04. The Morgan fingerprint density at radius 3 is 2.47 bits per heavy atom. The van der Waals surface area contributed by atoms with Gasteiger partial charge in [0, 0.05) is 13.0 Å². The maximum absolute atomic E-state index is 12.5. The van der Waals surface area contributed by atoms with Gasteiger partial charge >= 0.3 is 6.03 Å². The number of ether oxygens (including phenoxy) is 2. The molecule has 8 nitrogen and oxygen atoms in total. The van der Waals surface area contributed by atoms with Gasteiger partial charge in [-0.05, 0) is 29.7 Å². The molecule has 0 saturated carbocycles. The molecule has 0 aromatic heterocycles. The summed E-state index contributed by atoms with van der Waals surface area (Å²) in [5.41, 5.74) is 1.73. The molecular formula is C22H25N3O5. The fourth-order valence-corrected chi connectivity index (χ4v) is 3.24. The van der Waals surface area contributed by atoms with E-state index in [-0.39, 0.29) is 31.2 Å². The normalized spacial score (nSPS) is 15.7. The van der Waals surface area contributed by atoms with E-state index in [1.54, 1.807) is 26.4 Å². The van der Waals surface area contributed by atoms with Gasteiger partial charge in [0.05, 0.1) is 20.8 Å². The first kappa shape index (κ1) is 21.2. The molecule has 30 heavy (non-hydrogen) atoms. The van der Waals surface area contributed by atoms with Gasteiger partial charge in [-0.25, -0.2) is 4.79 Å². The number of imide groups is 1. The number of amides is 4. The van der Waals surface area contributed by atoms with E-state index in [2.05, 4.69) is 10.6 Å². The first-order valence-electron chi connectivity index (χ1n) is 9.65. The molecule has 1 aliphatic rings. The number of hydrogen-bond acceptors (Lipinski definition) is 5. The highest BCUT2D eigenvalue weighted by Gasteiger charge is 2.37. The predicted octanol–water partition coefficient (Wildman–Crippen LogP) is 2.22. The van der Waals surface area contributed by atoms with Crippen LogP contribution in [0.5, 0.6) is 11.5 Å². The van der Waals surface area contributed by atoms with Crippen LogP contribution in [0.3, 0.4) is 0 Å². The lowest BCUT2D eigenvalue weighted by atomic mass is 10.1. The second kappa shape index (κ2) is 9.78. The summed E-state index contributed by atoms with van der Waals surface area (Å²) in [4.78, 5) is 38.1. The van der Waals surface area contributed by atoms with Gasteiger partial charge in [-0.15, -0.1) is 0 Å². The number of hydrogen-bond donors (Lipinski definition) is 2. The first-order valence-corrected chi connectivity index (χ1v) is 9.65. The summed E-state index contributed by atoms with van der Waals surface area (Å²) < 4.78 is 10.4. The van der Waals surface area contributed by atoms with Crippen molar-refractivity contribution in [3.05, 3.63) is 59.7 Å². The number of urea groups is 1. The Balaban J connectivity index is 1.48. The second-order valence-electron chi connectivity index (χ2n) is 6.92. The van der Waals surface area contributed by atoms with Gasteiger partial charge in [-0.2, -0.15) is 0 Å². The van der Waals surface area contributed by atoms with E-state index in [9.17, 15) is 14.4 Å². The maximum atomic E-state index is 12.5. The summed E-state index contributed by atoms with van der Waals surface area (Å²) >= 11 is 0. The lowest BCUT2D eigenvalue weighted by Gasteiger charge is -2.13. The third kappa shape index (κ3) is 5.08. The standard InChI is InChI=1S/C22H25N3O5/c1-29-18-10-8-16(12-19(18)30-2)13-23-20(26)11-9-17-21(27)25(22(28)24-17)14-15-6-4-3-5-7-15/h3-8,10,12,17H,9,11,13-14H2,1-2H3,(H,23,26)(H,24,28). The van der Waals surface area contributed by atoms with Gasteiger partial charge in [0.15, 0.2) is 11.5 Å². The molecule has 158 valence electrons. The second-order valence-corrected chi connectivity index (χ2v) is 6.92. The van der Waals surface area contributed by atoms with Gasteiger partial charge in [0.2, 0.25) is 5.91 Å². The van der Waals surface area contributed by atoms with Crippen molar-refractivity contribution in [3.8, 4) is 11.5 Å². The molecule has 0 radical (unpaired) electrons. The molecule has 0 bridgehead atoms. The zero-order chi connectivity index (χ0) is 21.5. The van der Waals surface area contributed by atoms with Gasteiger partial charge < -0.3 is 20.1 Å². The molecule has 4 amide bonds. The summed E-state index contributed by atoms with van der Waals surface area (Å²) in [6.45, 7) is 0.539. The molecule has 1 atom stereocenters. The van der Waals surface area contributed by atoms with Crippen LogP contribution in [0.25, 0.3) is 0 Å². The van der Waals surface area contributed by atoms with Gasteiger partial charge in [0.25, 0.3) is 5.91 Å². The number of benzene rings is 2. The SMILES string of the molecule is COc1ccc(CNC(=O)CCC2NC(=O)N(Cc3ccccc3)C2=O)cc1OC. The van der Waals surface area contributed by atoms with Crippen LogP contribution >= 0.6 is 0 Å². The molecule has 1 heterocycles. The largest absolute Gasteiger partial charge is 0.493 e. The van der Waals surface area contributed by atoms with Gasteiger partial charge in [-0.3, -0.25) is 14.5 Å². The molecule has 2 aromatic carbocycles. The van der Waals surface area contributed by atoms with Crippen LogP contribution in [0.2, 0.25) is 0 Å². The Hall–Kier alpha value is -3.55. The molecule has 1 unspecified atom stereocenters. The molecule has 1 fully saturated rings. The highest BCUT2D eigenvalue weighted by molar-refractivity contribution is 6.04. The van der Waals surface area contributed by atoms with Gasteiger partial charge in [-0.1, -0.05) is 36.4 Å². The van der Waals surface area contributed by atoms with Crippen LogP contribution in [0.15, 0.2) is 48.5 Å². The Morgan fingerprint density at radius 2 is 1.77 bits per heavy atom. The molecule has 1 aliphatic heterocycles. The lowest BCUT2D eigenvalue weighted by molar-refractivity contribution is -0.128. The van der Waals surface area contributed by atoms with Crippen LogP contribution < -0.4 is 20.1 Å². The Labute approximate surface area is 175 Å². The summed E-state index contributed by atoms with van der Waals surface area (Å²) in [5.74, 6) is 0.690. The highest BCUT2D eigenvalue weighted by Crippen LogP contribution is 2.27. The predicted molar refractivity (Wildman–Crippen MR) is 110 cm³/mol. The number of nitrogens with one attached hydrogen (secondary N) is 2. The van der Waals surface area contributed by atoms with E-state index in [0.29, 0.717) is 18.0 Å². The Kier molecular flexibility index (Phi) is 6.90. The molecule has 2 N–H and O–H groups in total. The molecule has 0 spiro atoms. The van der Waals surface area contributed by atoms with E-state index in [4.69, 9.17) is 9.47 Å². The minimum atomic E-state index is -0.687. The van der Waals surface area contributed by atoms with Crippen molar-refractivity contribution in [1.29, 1.82) is 0 Å². The smallest absolute Gasteiger partial charge is 0.325 e. The van der Waals surface area contributed by atoms with Crippen molar-refractivity contribution in [3.63, 3.8) is 0 Å². The van der Waals surface area contributed by atoms with E-state index in [1.165, 1.54) is 4.90 Å². The van der Waals surface area contributed by atoms with Gasteiger partial charge in [0.1, 0.15) is 6.04 Å². The lowest BCUT2D eigenvalue weighted by Crippen LogP contribution is -2.32. The summed E-state index contributed by atoms with van der Waals surface area (Å²) in [6.07, 6.45) is 0.372. The zero-order valence-electron chi connectivity index (χ0n) is 17.0. The fourth-order valence-electron chi connectivity index (χ4n) is 3.24. The van der Waals surface area contributed by atoms with Crippen molar-refractivity contribution < 1.29 is 23.9 Å². The number of carbonyl (C=O) groups is 3. The van der Waals surface area contributed by atoms with Crippen LogP contribution in [-0.2, 0) is 22.7 Å². The van der Waals surface area contributed by atoms with E-state index < -0.39 is 12.1 Å². The topological polar surface area (TPSA) is 97.0 Å². The number of carbonyl (C=O) groups excluding carboxylic acids is 3. The maximum Gasteiger partial charge on any atom is 0.325 e. The summed E-state index contributed by atoms with van der Waals surface area (Å²) in [6, 6.07) is 13.6.